The highest BCUT2D eigenvalue weighted by Gasteiger charge is 2.51. The standard InChI is InChI=1S/C18H30N2O/c19-16-3-1-2-12(7-16)8-17(21)20-18-9-13-4-14(10-18)6-15(5-13)11-18/h12-16H,1-11,19H2,(H,20,21). The predicted octanol–water partition coefficient (Wildman–Crippen LogP) is 2.98. The van der Waals surface area contributed by atoms with Crippen LogP contribution in [0.2, 0.25) is 0 Å². The van der Waals surface area contributed by atoms with E-state index in [1.54, 1.807) is 0 Å². The molecule has 0 aromatic rings. The summed E-state index contributed by atoms with van der Waals surface area (Å²) in [6.45, 7) is 0. The van der Waals surface area contributed by atoms with Crippen molar-refractivity contribution in [2.75, 3.05) is 0 Å². The molecule has 2 atom stereocenters. The van der Waals surface area contributed by atoms with Crippen LogP contribution in [0.4, 0.5) is 0 Å². The van der Waals surface area contributed by atoms with Crippen molar-refractivity contribution < 1.29 is 4.79 Å². The van der Waals surface area contributed by atoms with Crippen LogP contribution < -0.4 is 11.1 Å². The average molecular weight is 290 g/mol. The molecular weight excluding hydrogens is 260 g/mol. The molecule has 5 rings (SSSR count). The minimum absolute atomic E-state index is 0.183. The quantitative estimate of drug-likeness (QED) is 0.839. The molecule has 118 valence electrons. The molecule has 3 nitrogen and oxygen atoms in total. The molecule has 21 heavy (non-hydrogen) atoms. The normalized spacial score (nSPS) is 48.3. The molecular formula is C18H30N2O. The number of rotatable bonds is 3. The van der Waals surface area contributed by atoms with Gasteiger partial charge in [-0.2, -0.15) is 0 Å². The molecule has 0 radical (unpaired) electrons. The van der Waals surface area contributed by atoms with Crippen molar-refractivity contribution in [3.05, 3.63) is 0 Å². The molecule has 2 unspecified atom stereocenters. The number of amides is 1. The van der Waals surface area contributed by atoms with Gasteiger partial charge in [0.1, 0.15) is 0 Å². The smallest absolute Gasteiger partial charge is 0.220 e. The van der Waals surface area contributed by atoms with E-state index in [4.69, 9.17) is 5.73 Å². The van der Waals surface area contributed by atoms with E-state index in [0.717, 1.165) is 37.0 Å². The zero-order valence-electron chi connectivity index (χ0n) is 13.2. The summed E-state index contributed by atoms with van der Waals surface area (Å²) < 4.78 is 0. The van der Waals surface area contributed by atoms with Gasteiger partial charge in [-0.1, -0.05) is 6.42 Å². The maximum absolute atomic E-state index is 12.6. The highest BCUT2D eigenvalue weighted by molar-refractivity contribution is 5.77. The van der Waals surface area contributed by atoms with Gasteiger partial charge in [-0.3, -0.25) is 4.79 Å². The third kappa shape index (κ3) is 2.86. The van der Waals surface area contributed by atoms with E-state index in [9.17, 15) is 4.79 Å². The van der Waals surface area contributed by atoms with Crippen LogP contribution in [0.25, 0.3) is 0 Å². The molecule has 5 aliphatic rings. The first-order valence-electron chi connectivity index (χ1n) is 9.17. The lowest BCUT2D eigenvalue weighted by Crippen LogP contribution is -2.60. The minimum Gasteiger partial charge on any atom is -0.351 e. The monoisotopic (exact) mass is 290 g/mol. The molecule has 3 heteroatoms. The van der Waals surface area contributed by atoms with Crippen LogP contribution in [0.15, 0.2) is 0 Å². The van der Waals surface area contributed by atoms with Gasteiger partial charge in [0.05, 0.1) is 0 Å². The van der Waals surface area contributed by atoms with Gasteiger partial charge in [-0.25, -0.2) is 0 Å². The van der Waals surface area contributed by atoms with Crippen LogP contribution in [0.5, 0.6) is 0 Å². The first-order chi connectivity index (χ1) is 10.1. The van der Waals surface area contributed by atoms with Crippen molar-refractivity contribution in [1.29, 1.82) is 0 Å². The van der Waals surface area contributed by atoms with E-state index in [-0.39, 0.29) is 5.54 Å². The van der Waals surface area contributed by atoms with Crippen molar-refractivity contribution in [3.63, 3.8) is 0 Å². The Morgan fingerprint density at radius 2 is 1.62 bits per heavy atom. The Balaban J connectivity index is 1.36. The van der Waals surface area contributed by atoms with Crippen LogP contribution >= 0.6 is 0 Å². The molecule has 0 aliphatic heterocycles. The van der Waals surface area contributed by atoms with Gasteiger partial charge in [0.15, 0.2) is 0 Å². The maximum Gasteiger partial charge on any atom is 0.220 e. The number of nitrogens with two attached hydrogens (primary N) is 1. The van der Waals surface area contributed by atoms with Crippen LogP contribution in [0.1, 0.15) is 70.6 Å². The Morgan fingerprint density at radius 3 is 2.19 bits per heavy atom. The van der Waals surface area contributed by atoms with E-state index in [2.05, 4.69) is 5.32 Å². The summed E-state index contributed by atoms with van der Waals surface area (Å²) >= 11 is 0. The molecule has 5 saturated carbocycles. The Hall–Kier alpha value is -0.570. The lowest BCUT2D eigenvalue weighted by atomic mass is 9.53. The SMILES string of the molecule is NC1CCCC(CC(=O)NC23CC4CC(CC(C4)C2)C3)C1. The summed E-state index contributed by atoms with van der Waals surface area (Å²) in [7, 11) is 0. The lowest BCUT2D eigenvalue weighted by molar-refractivity contribution is -0.128. The molecule has 5 aliphatic carbocycles. The van der Waals surface area contributed by atoms with Gasteiger partial charge in [0.25, 0.3) is 0 Å². The predicted molar refractivity (Wildman–Crippen MR) is 83.6 cm³/mol. The van der Waals surface area contributed by atoms with Crippen molar-refractivity contribution in [2.24, 2.45) is 29.4 Å². The maximum atomic E-state index is 12.6. The second-order valence-electron chi connectivity index (χ2n) is 8.74. The first-order valence-corrected chi connectivity index (χ1v) is 9.17. The minimum atomic E-state index is 0.183. The summed E-state index contributed by atoms with van der Waals surface area (Å²) in [4.78, 5) is 12.6. The Morgan fingerprint density at radius 1 is 1.00 bits per heavy atom. The number of hydrogen-bond donors (Lipinski definition) is 2. The summed E-state index contributed by atoms with van der Waals surface area (Å²) in [5.74, 6) is 3.55. The van der Waals surface area contributed by atoms with Crippen molar-refractivity contribution in [2.45, 2.75) is 82.2 Å². The third-order valence-electron chi connectivity index (χ3n) is 6.74. The number of carbonyl (C=O) groups excluding carboxylic acids is 1. The molecule has 0 saturated heterocycles. The second-order valence-corrected chi connectivity index (χ2v) is 8.74. The highest BCUT2D eigenvalue weighted by Crippen LogP contribution is 2.55. The fraction of sp³-hybridized carbons (Fsp3) is 0.944. The van der Waals surface area contributed by atoms with E-state index >= 15 is 0 Å². The fourth-order valence-corrected chi connectivity index (χ4v) is 6.39. The topological polar surface area (TPSA) is 55.1 Å². The van der Waals surface area contributed by atoms with E-state index < -0.39 is 0 Å². The van der Waals surface area contributed by atoms with Crippen LogP contribution in [0, 0.1) is 23.7 Å². The molecule has 0 aromatic carbocycles. The molecule has 4 bridgehead atoms. The molecule has 0 aromatic heterocycles. The highest BCUT2D eigenvalue weighted by atomic mass is 16.1. The van der Waals surface area contributed by atoms with Gasteiger partial charge in [-0.15, -0.1) is 0 Å². The zero-order valence-corrected chi connectivity index (χ0v) is 13.2. The third-order valence-corrected chi connectivity index (χ3v) is 6.74. The fourth-order valence-electron chi connectivity index (χ4n) is 6.39. The van der Waals surface area contributed by atoms with E-state index in [1.165, 1.54) is 51.4 Å². The lowest BCUT2D eigenvalue weighted by Gasteiger charge is -2.57. The Bertz CT molecular complexity index is 384. The zero-order chi connectivity index (χ0) is 14.4. The molecule has 0 heterocycles. The number of hydrogen-bond acceptors (Lipinski definition) is 2. The van der Waals surface area contributed by atoms with Gasteiger partial charge in [0.2, 0.25) is 5.91 Å². The van der Waals surface area contributed by atoms with Crippen molar-refractivity contribution in [3.8, 4) is 0 Å². The van der Waals surface area contributed by atoms with Crippen LogP contribution in [-0.2, 0) is 4.79 Å². The largest absolute Gasteiger partial charge is 0.351 e. The van der Waals surface area contributed by atoms with E-state index in [0.29, 0.717) is 17.9 Å². The molecule has 5 fully saturated rings. The second kappa shape index (κ2) is 5.26. The van der Waals surface area contributed by atoms with Gasteiger partial charge in [0, 0.05) is 18.0 Å². The summed E-state index contributed by atoms with van der Waals surface area (Å²) in [5.41, 5.74) is 6.24. The first kappa shape index (κ1) is 14.0. The Labute approximate surface area is 128 Å². The van der Waals surface area contributed by atoms with Gasteiger partial charge >= 0.3 is 0 Å². The van der Waals surface area contributed by atoms with Gasteiger partial charge in [-0.05, 0) is 81.5 Å². The van der Waals surface area contributed by atoms with E-state index in [1.807, 2.05) is 0 Å². The summed E-state index contributed by atoms with van der Waals surface area (Å²) in [5, 5.41) is 3.51. The van der Waals surface area contributed by atoms with Gasteiger partial charge < -0.3 is 11.1 Å². The molecule has 0 spiro atoms. The number of nitrogens with one attached hydrogen (secondary N) is 1. The molecule has 1 amide bonds. The van der Waals surface area contributed by atoms with Crippen molar-refractivity contribution >= 4 is 5.91 Å². The Kier molecular flexibility index (Phi) is 3.52. The average Bonchev–Trinajstić information content (AvgIpc) is 2.35. The number of carbonyl (C=O) groups is 1. The summed E-state index contributed by atoms with van der Waals surface area (Å²) in [6.07, 6.45) is 13.4. The van der Waals surface area contributed by atoms with Crippen LogP contribution in [-0.4, -0.2) is 17.5 Å². The molecule has 3 N–H and O–H groups in total. The van der Waals surface area contributed by atoms with Crippen LogP contribution in [0.3, 0.4) is 0 Å². The summed E-state index contributed by atoms with van der Waals surface area (Å²) in [6, 6.07) is 0.330. The van der Waals surface area contributed by atoms with Crippen molar-refractivity contribution in [1.82, 2.24) is 5.32 Å².